The maximum Gasteiger partial charge on any atom is 0.494 e. The van der Waals surface area contributed by atoms with E-state index >= 15 is 0 Å². The van der Waals surface area contributed by atoms with Crippen molar-refractivity contribution in [1.82, 2.24) is 0 Å². The summed E-state index contributed by atoms with van der Waals surface area (Å²) in [4.78, 5) is 0. The molecule has 4 saturated heterocycles. The SMILES string of the molecule is CC1(C)OB(c2cc(OC3CCCCO3)c3cc(B4OC(C)(C)C(C)(C)O4)cc(OC4CCCCO4)c3c2)OC1(C)C. The molecule has 4 aliphatic heterocycles. The van der Waals surface area contributed by atoms with Gasteiger partial charge in [-0.05, 0) is 104 Å². The lowest BCUT2D eigenvalue weighted by atomic mass is 9.75. The summed E-state index contributed by atoms with van der Waals surface area (Å²) in [7, 11) is -1.12. The van der Waals surface area contributed by atoms with E-state index in [0.717, 1.165) is 60.2 Å². The molecule has 8 nitrogen and oxygen atoms in total. The Morgan fingerprint density at radius 1 is 0.548 bits per heavy atom. The highest BCUT2D eigenvalue weighted by molar-refractivity contribution is 6.63. The van der Waals surface area contributed by atoms with Gasteiger partial charge in [0.05, 0.1) is 35.6 Å². The van der Waals surface area contributed by atoms with Crippen molar-refractivity contribution < 1.29 is 37.6 Å². The molecule has 0 spiro atoms. The quantitative estimate of drug-likeness (QED) is 0.430. The number of rotatable bonds is 6. The van der Waals surface area contributed by atoms with E-state index in [1.165, 1.54) is 0 Å². The van der Waals surface area contributed by atoms with Crippen LogP contribution < -0.4 is 20.4 Å². The van der Waals surface area contributed by atoms with Crippen LogP contribution in [0.25, 0.3) is 10.8 Å². The largest absolute Gasteiger partial charge is 0.494 e. The number of ether oxygens (including phenoxy) is 4. The molecular weight excluding hydrogens is 534 g/mol. The van der Waals surface area contributed by atoms with Crippen LogP contribution in [0.4, 0.5) is 0 Å². The first-order valence-corrected chi connectivity index (χ1v) is 15.6. The fourth-order valence-electron chi connectivity index (χ4n) is 5.76. The summed E-state index contributed by atoms with van der Waals surface area (Å²) < 4.78 is 51.1. The molecule has 2 aromatic rings. The lowest BCUT2D eigenvalue weighted by molar-refractivity contribution is -0.106. The number of fused-ring (bicyclic) bond motifs is 1. The molecule has 0 amide bonds. The number of hydrogen-bond acceptors (Lipinski definition) is 8. The van der Waals surface area contributed by atoms with Crippen LogP contribution in [0, 0.1) is 0 Å². The Kier molecular flexibility index (Phi) is 7.89. The van der Waals surface area contributed by atoms with Crippen LogP contribution in [0.15, 0.2) is 24.3 Å². The number of benzene rings is 2. The Bertz CT molecular complexity index is 1170. The predicted molar refractivity (Wildman–Crippen MR) is 164 cm³/mol. The maximum absolute atomic E-state index is 6.62. The molecule has 0 N–H and O–H groups in total. The van der Waals surface area contributed by atoms with Crippen molar-refractivity contribution in [1.29, 1.82) is 0 Å². The van der Waals surface area contributed by atoms with Crippen molar-refractivity contribution in [2.45, 2.75) is 129 Å². The van der Waals surface area contributed by atoms with Crippen molar-refractivity contribution in [2.24, 2.45) is 0 Å². The lowest BCUT2D eigenvalue weighted by Gasteiger charge is -2.32. The zero-order valence-corrected chi connectivity index (χ0v) is 26.5. The van der Waals surface area contributed by atoms with E-state index in [-0.39, 0.29) is 12.6 Å². The molecule has 4 aliphatic rings. The van der Waals surface area contributed by atoms with Gasteiger partial charge in [0.1, 0.15) is 11.5 Å². The summed E-state index contributed by atoms with van der Waals surface area (Å²) in [6.07, 6.45) is 5.21. The molecule has 4 fully saturated rings. The molecule has 2 atom stereocenters. The third kappa shape index (κ3) is 5.71. The molecule has 2 aromatic carbocycles. The van der Waals surface area contributed by atoms with Crippen LogP contribution in [0.3, 0.4) is 0 Å². The van der Waals surface area contributed by atoms with Crippen LogP contribution in [0.2, 0.25) is 0 Å². The van der Waals surface area contributed by atoms with Crippen molar-refractivity contribution >= 4 is 35.9 Å². The van der Waals surface area contributed by atoms with E-state index < -0.39 is 36.6 Å². The van der Waals surface area contributed by atoms with Gasteiger partial charge in [-0.2, -0.15) is 0 Å². The normalized spacial score (nSPS) is 28.3. The highest BCUT2D eigenvalue weighted by Gasteiger charge is 2.53. The van der Waals surface area contributed by atoms with Gasteiger partial charge in [0.25, 0.3) is 0 Å². The number of hydrogen-bond donors (Lipinski definition) is 0. The second kappa shape index (κ2) is 11.0. The van der Waals surface area contributed by atoms with Crippen molar-refractivity contribution in [3.63, 3.8) is 0 Å². The maximum atomic E-state index is 6.62. The van der Waals surface area contributed by atoms with E-state index in [1.807, 2.05) is 12.1 Å². The van der Waals surface area contributed by atoms with Crippen molar-refractivity contribution in [3.8, 4) is 11.5 Å². The van der Waals surface area contributed by atoms with Crippen LogP contribution in [-0.4, -0.2) is 62.4 Å². The molecule has 6 rings (SSSR count). The highest BCUT2D eigenvalue weighted by atomic mass is 16.7. The van der Waals surface area contributed by atoms with Gasteiger partial charge in [0.15, 0.2) is 12.6 Å². The molecule has 0 saturated carbocycles. The van der Waals surface area contributed by atoms with Gasteiger partial charge in [-0.1, -0.05) is 12.1 Å². The van der Waals surface area contributed by atoms with Crippen LogP contribution in [-0.2, 0) is 28.1 Å². The van der Waals surface area contributed by atoms with Gasteiger partial charge >= 0.3 is 14.2 Å². The standard InChI is InChI=1S/C32H46B2O8/c1-29(2)30(3,4)40-33(39-29)21-17-23-24(25(19-21)37-27-13-9-11-15-35-27)18-22(34-41-31(5,6)32(7,8)42-34)20-26(23)38-28-14-10-12-16-36-28/h17-20,27-28H,9-16H2,1-8H3. The minimum absolute atomic E-state index is 0.331. The lowest BCUT2D eigenvalue weighted by Crippen LogP contribution is -2.41. The molecule has 10 heteroatoms. The molecule has 2 unspecified atom stereocenters. The molecule has 42 heavy (non-hydrogen) atoms. The van der Waals surface area contributed by atoms with Crippen molar-refractivity contribution in [3.05, 3.63) is 24.3 Å². The van der Waals surface area contributed by atoms with Crippen molar-refractivity contribution in [2.75, 3.05) is 13.2 Å². The summed E-state index contributed by atoms with van der Waals surface area (Å²) in [6.45, 7) is 17.9. The van der Waals surface area contributed by atoms with E-state index in [2.05, 4.69) is 67.5 Å². The Balaban J connectivity index is 1.48. The van der Waals surface area contributed by atoms with Crippen LogP contribution in [0.1, 0.15) is 93.9 Å². The summed E-state index contributed by atoms with van der Waals surface area (Å²) >= 11 is 0. The first kappa shape index (κ1) is 30.2. The van der Waals surface area contributed by atoms with Gasteiger partial charge in [0, 0.05) is 23.6 Å². The summed E-state index contributed by atoms with van der Waals surface area (Å²) in [5, 5.41) is 1.78. The Labute approximate surface area is 251 Å². The molecular formula is C32H46B2O8. The Morgan fingerprint density at radius 2 is 0.905 bits per heavy atom. The van der Waals surface area contributed by atoms with E-state index in [4.69, 9.17) is 37.6 Å². The fourth-order valence-corrected chi connectivity index (χ4v) is 5.76. The third-order valence-electron chi connectivity index (χ3n) is 9.88. The van der Waals surface area contributed by atoms with Gasteiger partial charge in [-0.3, -0.25) is 0 Å². The average molecular weight is 580 g/mol. The second-order valence-corrected chi connectivity index (χ2v) is 14.1. The minimum atomic E-state index is -0.560. The molecule has 0 radical (unpaired) electrons. The monoisotopic (exact) mass is 580 g/mol. The first-order chi connectivity index (χ1) is 19.7. The molecule has 0 aliphatic carbocycles. The first-order valence-electron chi connectivity index (χ1n) is 15.6. The topological polar surface area (TPSA) is 73.8 Å². The van der Waals surface area contributed by atoms with Gasteiger partial charge in [-0.15, -0.1) is 0 Å². The highest BCUT2D eigenvalue weighted by Crippen LogP contribution is 2.41. The summed E-state index contributed by atoms with van der Waals surface area (Å²) in [6, 6.07) is 8.24. The Hall–Kier alpha value is -1.81. The fraction of sp³-hybridized carbons (Fsp3) is 0.688. The van der Waals surface area contributed by atoms with Gasteiger partial charge in [0.2, 0.25) is 0 Å². The second-order valence-electron chi connectivity index (χ2n) is 14.1. The summed E-state index contributed by atoms with van der Waals surface area (Å²) in [5.41, 5.74) is -0.174. The average Bonchev–Trinajstić information content (AvgIpc) is 3.29. The van der Waals surface area contributed by atoms with E-state index in [0.29, 0.717) is 24.7 Å². The third-order valence-corrected chi connectivity index (χ3v) is 9.88. The summed E-state index contributed by atoms with van der Waals surface area (Å²) in [5.74, 6) is 1.38. The zero-order valence-electron chi connectivity index (χ0n) is 26.5. The van der Waals surface area contributed by atoms with Crippen LogP contribution >= 0.6 is 0 Å². The smallest absolute Gasteiger partial charge is 0.464 e. The van der Waals surface area contributed by atoms with Gasteiger partial charge in [-0.25, -0.2) is 0 Å². The molecule has 0 aromatic heterocycles. The van der Waals surface area contributed by atoms with E-state index in [9.17, 15) is 0 Å². The molecule has 228 valence electrons. The molecule has 0 bridgehead atoms. The van der Waals surface area contributed by atoms with Crippen LogP contribution in [0.5, 0.6) is 11.5 Å². The minimum Gasteiger partial charge on any atom is -0.464 e. The Morgan fingerprint density at radius 3 is 1.21 bits per heavy atom. The zero-order chi connectivity index (χ0) is 29.9. The van der Waals surface area contributed by atoms with Gasteiger partial charge < -0.3 is 37.6 Å². The molecule has 4 heterocycles. The predicted octanol–water partition coefficient (Wildman–Crippen LogP) is 5.25. The van der Waals surface area contributed by atoms with E-state index in [1.54, 1.807) is 0 Å².